The van der Waals surface area contributed by atoms with Crippen molar-refractivity contribution in [2.75, 3.05) is 11.9 Å². The molecule has 1 rings (SSSR count). The molecule has 1 aromatic rings. The highest BCUT2D eigenvalue weighted by Crippen LogP contribution is 2.24. The fraction of sp³-hybridized carbons (Fsp3) is 0.562. The normalized spacial score (nSPS) is 14.5. The van der Waals surface area contributed by atoms with Gasteiger partial charge >= 0.3 is 6.03 Å². The molecule has 0 heterocycles. The van der Waals surface area contributed by atoms with E-state index in [0.717, 1.165) is 11.3 Å². The van der Waals surface area contributed by atoms with Gasteiger partial charge in [0.05, 0.1) is 0 Å². The molecule has 0 aliphatic carbocycles. The molecular formula is C16H27N3O. The van der Waals surface area contributed by atoms with Crippen molar-refractivity contribution < 1.29 is 4.79 Å². The summed E-state index contributed by atoms with van der Waals surface area (Å²) in [6.07, 6.45) is 0. The van der Waals surface area contributed by atoms with E-state index in [0.29, 0.717) is 12.5 Å². The molecule has 20 heavy (non-hydrogen) atoms. The summed E-state index contributed by atoms with van der Waals surface area (Å²) < 4.78 is 0. The molecule has 0 aromatic heterocycles. The molecule has 0 aliphatic rings. The molecule has 0 saturated carbocycles. The fourth-order valence-corrected chi connectivity index (χ4v) is 1.60. The lowest BCUT2D eigenvalue weighted by Gasteiger charge is -2.27. The molecule has 0 saturated heterocycles. The van der Waals surface area contributed by atoms with Crippen molar-refractivity contribution in [3.05, 3.63) is 29.8 Å². The van der Waals surface area contributed by atoms with Crippen LogP contribution in [0.5, 0.6) is 0 Å². The monoisotopic (exact) mass is 277 g/mol. The van der Waals surface area contributed by atoms with Crippen molar-refractivity contribution in [3.63, 3.8) is 0 Å². The van der Waals surface area contributed by atoms with Crippen LogP contribution in [0.4, 0.5) is 10.5 Å². The summed E-state index contributed by atoms with van der Waals surface area (Å²) in [4.78, 5) is 11.8. The molecule has 2 atom stereocenters. The molecule has 2 unspecified atom stereocenters. The first-order valence-corrected chi connectivity index (χ1v) is 7.10. The van der Waals surface area contributed by atoms with Gasteiger partial charge in [0.15, 0.2) is 0 Å². The van der Waals surface area contributed by atoms with Gasteiger partial charge < -0.3 is 16.4 Å². The third-order valence-electron chi connectivity index (χ3n) is 3.74. The second kappa shape index (κ2) is 6.75. The smallest absolute Gasteiger partial charge is 0.319 e. The van der Waals surface area contributed by atoms with E-state index in [2.05, 4.69) is 38.3 Å². The number of hydrogen-bond acceptors (Lipinski definition) is 2. The van der Waals surface area contributed by atoms with Crippen LogP contribution in [0, 0.1) is 11.3 Å². The van der Waals surface area contributed by atoms with E-state index < -0.39 is 0 Å². The Morgan fingerprint density at radius 2 is 1.75 bits per heavy atom. The topological polar surface area (TPSA) is 67.1 Å². The van der Waals surface area contributed by atoms with Crippen molar-refractivity contribution in [2.24, 2.45) is 17.1 Å². The SMILES string of the molecule is CC(N)c1ccc(NC(=O)NCC(C)C(C)(C)C)cc1. The van der Waals surface area contributed by atoms with E-state index in [1.807, 2.05) is 31.2 Å². The summed E-state index contributed by atoms with van der Waals surface area (Å²) in [6.45, 7) is 11.2. The average molecular weight is 277 g/mol. The number of amides is 2. The Morgan fingerprint density at radius 1 is 1.20 bits per heavy atom. The van der Waals surface area contributed by atoms with Crippen molar-refractivity contribution in [3.8, 4) is 0 Å². The van der Waals surface area contributed by atoms with Crippen molar-refractivity contribution in [1.82, 2.24) is 5.32 Å². The van der Waals surface area contributed by atoms with Crippen LogP contribution in [0.15, 0.2) is 24.3 Å². The zero-order valence-electron chi connectivity index (χ0n) is 13.2. The van der Waals surface area contributed by atoms with Gasteiger partial charge in [0.2, 0.25) is 0 Å². The maximum atomic E-state index is 11.8. The third-order valence-corrected chi connectivity index (χ3v) is 3.74. The number of nitrogens with one attached hydrogen (secondary N) is 2. The number of urea groups is 1. The highest BCUT2D eigenvalue weighted by atomic mass is 16.2. The predicted octanol–water partition coefficient (Wildman–Crippen LogP) is 3.51. The fourth-order valence-electron chi connectivity index (χ4n) is 1.60. The Bertz CT molecular complexity index is 432. The summed E-state index contributed by atoms with van der Waals surface area (Å²) >= 11 is 0. The van der Waals surface area contributed by atoms with Gasteiger partial charge in [-0.05, 0) is 36.0 Å². The Kier molecular flexibility index (Phi) is 5.57. The van der Waals surface area contributed by atoms with Crippen LogP contribution >= 0.6 is 0 Å². The lowest BCUT2D eigenvalue weighted by molar-refractivity contribution is 0.233. The van der Waals surface area contributed by atoms with Gasteiger partial charge in [-0.1, -0.05) is 39.8 Å². The molecule has 112 valence electrons. The summed E-state index contributed by atoms with van der Waals surface area (Å²) in [5.74, 6) is 0.411. The predicted molar refractivity (Wildman–Crippen MR) is 84.7 cm³/mol. The van der Waals surface area contributed by atoms with Crippen LogP contribution in [-0.4, -0.2) is 12.6 Å². The quantitative estimate of drug-likeness (QED) is 0.788. The van der Waals surface area contributed by atoms with E-state index in [4.69, 9.17) is 5.73 Å². The molecule has 4 heteroatoms. The zero-order valence-corrected chi connectivity index (χ0v) is 13.2. The maximum absolute atomic E-state index is 11.8. The first-order chi connectivity index (χ1) is 9.20. The Hall–Kier alpha value is -1.55. The molecule has 1 aromatic carbocycles. The highest BCUT2D eigenvalue weighted by molar-refractivity contribution is 5.89. The molecule has 4 N–H and O–H groups in total. The molecule has 0 spiro atoms. The first-order valence-electron chi connectivity index (χ1n) is 7.10. The summed E-state index contributed by atoms with van der Waals surface area (Å²) in [7, 11) is 0. The standard InChI is InChI=1S/C16H27N3O/c1-11(16(3,4)5)10-18-15(20)19-14-8-6-13(7-9-14)12(2)17/h6-9,11-12H,10,17H2,1-5H3,(H2,18,19,20). The van der Waals surface area contributed by atoms with Gasteiger partial charge in [-0.2, -0.15) is 0 Å². The Morgan fingerprint density at radius 3 is 2.20 bits per heavy atom. The number of rotatable bonds is 4. The summed E-state index contributed by atoms with van der Waals surface area (Å²) in [5, 5.41) is 5.72. The van der Waals surface area contributed by atoms with Gasteiger partial charge in [0.1, 0.15) is 0 Å². The largest absolute Gasteiger partial charge is 0.338 e. The second-order valence-electron chi connectivity index (χ2n) is 6.51. The lowest BCUT2D eigenvalue weighted by Crippen LogP contribution is -2.36. The third kappa shape index (κ3) is 5.21. The number of hydrogen-bond donors (Lipinski definition) is 3. The number of carbonyl (C=O) groups excluding carboxylic acids is 1. The minimum absolute atomic E-state index is 0.00510. The van der Waals surface area contributed by atoms with E-state index in [1.165, 1.54) is 0 Å². The zero-order chi connectivity index (χ0) is 15.3. The van der Waals surface area contributed by atoms with Crippen LogP contribution < -0.4 is 16.4 Å². The van der Waals surface area contributed by atoms with E-state index in [9.17, 15) is 4.79 Å². The molecular weight excluding hydrogens is 250 g/mol. The van der Waals surface area contributed by atoms with Crippen LogP contribution in [-0.2, 0) is 0 Å². The lowest BCUT2D eigenvalue weighted by atomic mass is 9.82. The minimum Gasteiger partial charge on any atom is -0.338 e. The molecule has 2 amide bonds. The first kappa shape index (κ1) is 16.5. The summed E-state index contributed by atoms with van der Waals surface area (Å²) in [6, 6.07) is 7.42. The van der Waals surface area contributed by atoms with E-state index in [1.54, 1.807) is 0 Å². The number of nitrogens with two attached hydrogens (primary N) is 1. The van der Waals surface area contributed by atoms with Crippen LogP contribution in [0.25, 0.3) is 0 Å². The average Bonchev–Trinajstić information content (AvgIpc) is 2.35. The van der Waals surface area contributed by atoms with Crippen molar-refractivity contribution >= 4 is 11.7 Å². The molecule has 0 fully saturated rings. The number of benzene rings is 1. The van der Waals surface area contributed by atoms with Gasteiger partial charge in [0.25, 0.3) is 0 Å². The van der Waals surface area contributed by atoms with Crippen molar-refractivity contribution in [1.29, 1.82) is 0 Å². The van der Waals surface area contributed by atoms with E-state index >= 15 is 0 Å². The number of anilines is 1. The van der Waals surface area contributed by atoms with Gasteiger partial charge in [-0.15, -0.1) is 0 Å². The maximum Gasteiger partial charge on any atom is 0.319 e. The molecule has 4 nitrogen and oxygen atoms in total. The number of carbonyl (C=O) groups is 1. The summed E-state index contributed by atoms with van der Waals surface area (Å²) in [5.41, 5.74) is 7.80. The van der Waals surface area contributed by atoms with Gasteiger partial charge in [0, 0.05) is 18.3 Å². The second-order valence-corrected chi connectivity index (χ2v) is 6.51. The molecule has 0 bridgehead atoms. The van der Waals surface area contributed by atoms with E-state index in [-0.39, 0.29) is 17.5 Å². The highest BCUT2D eigenvalue weighted by Gasteiger charge is 2.20. The minimum atomic E-state index is -0.172. The molecule has 0 radical (unpaired) electrons. The van der Waals surface area contributed by atoms with Gasteiger partial charge in [-0.3, -0.25) is 0 Å². The Labute approximate surface area is 122 Å². The van der Waals surface area contributed by atoms with Crippen LogP contribution in [0.2, 0.25) is 0 Å². The molecule has 0 aliphatic heterocycles. The van der Waals surface area contributed by atoms with Crippen molar-refractivity contribution in [2.45, 2.75) is 40.7 Å². The Balaban J connectivity index is 2.46. The van der Waals surface area contributed by atoms with Crippen LogP contribution in [0.1, 0.15) is 46.2 Å². The van der Waals surface area contributed by atoms with Crippen LogP contribution in [0.3, 0.4) is 0 Å². The van der Waals surface area contributed by atoms with Gasteiger partial charge in [-0.25, -0.2) is 4.79 Å².